The van der Waals surface area contributed by atoms with Crippen LogP contribution in [-0.2, 0) is 14.8 Å². The van der Waals surface area contributed by atoms with Gasteiger partial charge < -0.3 is 10.2 Å². The molecule has 4 unspecified atom stereocenters. The van der Waals surface area contributed by atoms with E-state index in [0.29, 0.717) is 17.9 Å². The molecule has 4 atom stereocenters. The second kappa shape index (κ2) is 6.35. The van der Waals surface area contributed by atoms with Gasteiger partial charge in [0.2, 0.25) is 10.0 Å². The van der Waals surface area contributed by atoms with Crippen molar-refractivity contribution < 1.29 is 28.2 Å². The average molecular weight is 381 g/mol. The standard InChI is InChI=1S/C18H23NO6S/c1-10-3-5-13(16(20)21)9-15(10)26(24,25)19-18(2,17(22)23)14-8-11-4-6-12(14)7-11/h3,5,9,11-12,14,19H,4,6-8H2,1-2H3,(H,20,21)(H,22,23). The Morgan fingerprint density at radius 3 is 2.38 bits per heavy atom. The summed E-state index contributed by atoms with van der Waals surface area (Å²) in [5.74, 6) is -2.04. The van der Waals surface area contributed by atoms with Crippen LogP contribution in [0.4, 0.5) is 0 Å². The van der Waals surface area contributed by atoms with Gasteiger partial charge in [-0.05, 0) is 68.6 Å². The van der Waals surface area contributed by atoms with E-state index in [4.69, 9.17) is 5.11 Å². The average Bonchev–Trinajstić information content (AvgIpc) is 3.17. The Morgan fingerprint density at radius 2 is 1.88 bits per heavy atom. The van der Waals surface area contributed by atoms with Crippen molar-refractivity contribution >= 4 is 22.0 Å². The molecule has 0 heterocycles. The van der Waals surface area contributed by atoms with Crippen molar-refractivity contribution in [2.24, 2.45) is 17.8 Å². The summed E-state index contributed by atoms with van der Waals surface area (Å²) in [7, 11) is -4.20. The first-order valence-corrected chi connectivity index (χ1v) is 10.1. The predicted molar refractivity (Wildman–Crippen MR) is 93.4 cm³/mol. The highest BCUT2D eigenvalue weighted by Crippen LogP contribution is 2.52. The number of hydrogen-bond donors (Lipinski definition) is 3. The van der Waals surface area contributed by atoms with Crippen LogP contribution in [0.2, 0.25) is 0 Å². The number of benzene rings is 1. The number of carbonyl (C=O) groups is 2. The number of carboxylic acid groups (broad SMARTS) is 2. The van der Waals surface area contributed by atoms with Crippen LogP contribution in [0, 0.1) is 24.7 Å². The Bertz CT molecular complexity index is 864. The number of fused-ring (bicyclic) bond motifs is 2. The number of nitrogens with one attached hydrogen (secondary N) is 1. The number of aryl methyl sites for hydroxylation is 1. The van der Waals surface area contributed by atoms with E-state index >= 15 is 0 Å². The summed E-state index contributed by atoms with van der Waals surface area (Å²) in [4.78, 5) is 23.0. The lowest BCUT2D eigenvalue weighted by Gasteiger charge is -2.37. The molecule has 0 radical (unpaired) electrons. The molecule has 2 fully saturated rings. The van der Waals surface area contributed by atoms with Crippen molar-refractivity contribution in [3.05, 3.63) is 29.3 Å². The molecule has 2 saturated carbocycles. The number of aliphatic carboxylic acids is 1. The van der Waals surface area contributed by atoms with Crippen LogP contribution in [-0.4, -0.2) is 36.1 Å². The molecule has 1 aromatic carbocycles. The SMILES string of the molecule is Cc1ccc(C(=O)O)cc1S(=O)(=O)NC(C)(C(=O)O)C1CC2CCC1C2. The number of carboxylic acids is 2. The lowest BCUT2D eigenvalue weighted by molar-refractivity contribution is -0.146. The number of hydrogen-bond acceptors (Lipinski definition) is 4. The maximum absolute atomic E-state index is 12.9. The number of aromatic carboxylic acids is 1. The summed E-state index contributed by atoms with van der Waals surface area (Å²) in [5, 5.41) is 18.9. The first kappa shape index (κ1) is 18.8. The topological polar surface area (TPSA) is 121 Å². The van der Waals surface area contributed by atoms with E-state index in [1.807, 2.05) is 0 Å². The third-order valence-electron chi connectivity index (χ3n) is 5.99. The molecule has 2 bridgehead atoms. The molecule has 0 saturated heterocycles. The van der Waals surface area contributed by atoms with Gasteiger partial charge in [0.15, 0.2) is 0 Å². The molecule has 0 spiro atoms. The normalized spacial score (nSPS) is 27.2. The van der Waals surface area contributed by atoms with Crippen LogP contribution in [0.25, 0.3) is 0 Å². The van der Waals surface area contributed by atoms with Crippen LogP contribution in [0.15, 0.2) is 23.1 Å². The van der Waals surface area contributed by atoms with Crippen molar-refractivity contribution in [1.82, 2.24) is 4.72 Å². The molecular formula is C18H23NO6S. The summed E-state index contributed by atoms with van der Waals surface area (Å²) >= 11 is 0. The summed E-state index contributed by atoms with van der Waals surface area (Å²) in [6.45, 7) is 2.98. The van der Waals surface area contributed by atoms with Crippen LogP contribution < -0.4 is 4.72 Å². The first-order chi connectivity index (χ1) is 12.0. The highest BCUT2D eigenvalue weighted by Gasteiger charge is 2.54. The van der Waals surface area contributed by atoms with E-state index in [1.165, 1.54) is 19.1 Å². The van der Waals surface area contributed by atoms with Crippen molar-refractivity contribution in [3.8, 4) is 0 Å². The van der Waals surface area contributed by atoms with Gasteiger partial charge in [-0.3, -0.25) is 4.79 Å². The zero-order valence-electron chi connectivity index (χ0n) is 14.7. The third-order valence-corrected chi connectivity index (χ3v) is 7.71. The van der Waals surface area contributed by atoms with Crippen molar-refractivity contribution in [2.75, 3.05) is 0 Å². The molecule has 26 heavy (non-hydrogen) atoms. The maximum Gasteiger partial charge on any atom is 0.335 e. The van der Waals surface area contributed by atoms with E-state index in [1.54, 1.807) is 6.92 Å². The van der Waals surface area contributed by atoms with Gasteiger partial charge in [0.1, 0.15) is 5.54 Å². The van der Waals surface area contributed by atoms with Gasteiger partial charge in [0.25, 0.3) is 0 Å². The van der Waals surface area contributed by atoms with E-state index in [0.717, 1.165) is 25.3 Å². The molecule has 3 N–H and O–H groups in total. The third kappa shape index (κ3) is 3.12. The summed E-state index contributed by atoms with van der Waals surface area (Å²) in [5.41, 5.74) is -1.42. The van der Waals surface area contributed by atoms with E-state index in [9.17, 15) is 23.1 Å². The molecule has 142 valence electrons. The Morgan fingerprint density at radius 1 is 1.19 bits per heavy atom. The summed E-state index contributed by atoms with van der Waals surface area (Å²) < 4.78 is 28.3. The van der Waals surface area contributed by atoms with Gasteiger partial charge in [0, 0.05) is 0 Å². The molecule has 3 rings (SSSR count). The van der Waals surface area contributed by atoms with Crippen molar-refractivity contribution in [1.29, 1.82) is 0 Å². The Balaban J connectivity index is 1.98. The van der Waals surface area contributed by atoms with Crippen molar-refractivity contribution in [3.63, 3.8) is 0 Å². The molecule has 0 aromatic heterocycles. The lowest BCUT2D eigenvalue weighted by Crippen LogP contribution is -2.58. The minimum absolute atomic E-state index is 0.159. The highest BCUT2D eigenvalue weighted by molar-refractivity contribution is 7.89. The zero-order chi connectivity index (χ0) is 19.3. The van der Waals surface area contributed by atoms with Crippen LogP contribution in [0.3, 0.4) is 0 Å². The second-order valence-corrected chi connectivity index (χ2v) is 9.33. The van der Waals surface area contributed by atoms with Gasteiger partial charge in [-0.1, -0.05) is 12.5 Å². The van der Waals surface area contributed by atoms with Crippen LogP contribution in [0.5, 0.6) is 0 Å². The van der Waals surface area contributed by atoms with E-state index in [2.05, 4.69) is 4.72 Å². The quantitative estimate of drug-likeness (QED) is 0.695. The summed E-state index contributed by atoms with van der Waals surface area (Å²) in [6.07, 6.45) is 3.64. The molecule has 8 heteroatoms. The minimum atomic E-state index is -4.20. The molecule has 0 aliphatic heterocycles. The largest absolute Gasteiger partial charge is 0.480 e. The fourth-order valence-electron chi connectivity index (χ4n) is 4.59. The van der Waals surface area contributed by atoms with Crippen LogP contribution in [0.1, 0.15) is 48.5 Å². The predicted octanol–water partition coefficient (Wildman–Crippen LogP) is 2.25. The van der Waals surface area contributed by atoms with Gasteiger partial charge in [-0.15, -0.1) is 0 Å². The minimum Gasteiger partial charge on any atom is -0.480 e. The molecule has 2 aliphatic carbocycles. The molecule has 2 aliphatic rings. The first-order valence-electron chi connectivity index (χ1n) is 8.66. The summed E-state index contributed by atoms with van der Waals surface area (Å²) in [6, 6.07) is 3.81. The second-order valence-electron chi connectivity index (χ2n) is 7.68. The fraction of sp³-hybridized carbons (Fsp3) is 0.556. The van der Waals surface area contributed by atoms with E-state index in [-0.39, 0.29) is 22.3 Å². The lowest BCUT2D eigenvalue weighted by atomic mass is 9.75. The van der Waals surface area contributed by atoms with Gasteiger partial charge in [0.05, 0.1) is 10.5 Å². The molecular weight excluding hydrogens is 358 g/mol. The smallest absolute Gasteiger partial charge is 0.335 e. The molecule has 0 amide bonds. The highest BCUT2D eigenvalue weighted by atomic mass is 32.2. The Kier molecular flexibility index (Phi) is 4.60. The molecule has 1 aromatic rings. The number of sulfonamides is 1. The van der Waals surface area contributed by atoms with Gasteiger partial charge in [-0.25, -0.2) is 13.2 Å². The fourth-order valence-corrected chi connectivity index (χ4v) is 6.27. The molecule has 7 nitrogen and oxygen atoms in total. The zero-order valence-corrected chi connectivity index (χ0v) is 15.5. The Hall–Kier alpha value is -1.93. The van der Waals surface area contributed by atoms with Gasteiger partial charge >= 0.3 is 11.9 Å². The number of rotatable bonds is 6. The van der Waals surface area contributed by atoms with Gasteiger partial charge in [-0.2, -0.15) is 4.72 Å². The maximum atomic E-state index is 12.9. The van der Waals surface area contributed by atoms with Crippen LogP contribution >= 0.6 is 0 Å². The van der Waals surface area contributed by atoms with E-state index < -0.39 is 27.5 Å². The van der Waals surface area contributed by atoms with Crippen molar-refractivity contribution in [2.45, 2.75) is 50.0 Å². The monoisotopic (exact) mass is 381 g/mol. The Labute approximate surface area is 152 Å².